The predicted molar refractivity (Wildman–Crippen MR) is 447 cm³/mol. The van der Waals surface area contributed by atoms with Crippen molar-refractivity contribution in [2.24, 2.45) is 5.16 Å². The number of hydrogen-bond acceptors (Lipinski definition) is 37. The Hall–Kier alpha value is -6.63. The molecule has 125 heavy (non-hydrogen) atoms. The minimum absolute atomic E-state index is 0.0291. The number of nitrogens with one attached hydrogen (secondary N) is 8. The number of hydrogen-bond donors (Lipinski definition) is 8. The molecule has 0 aliphatic heterocycles. The minimum Gasteiger partial charge on any atom is -0.396 e. The number of amides is 8. The first-order chi connectivity index (χ1) is 61.3. The molecular weight excluding hydrogens is 1660 g/mol. The van der Waals surface area contributed by atoms with Gasteiger partial charge in [0.25, 0.3) is 5.91 Å². The van der Waals surface area contributed by atoms with E-state index in [1.807, 2.05) is 0 Å². The smallest absolute Gasteiger partial charge is 0.251 e. The maximum Gasteiger partial charge on any atom is 0.251 e. The SMILES string of the molecule is CNC(=O)c1ccc(/C=N/OCCCCNC(=O)COC(COCCOCCNC(=O)COC(COCCOCCNC(=O)COCCOCCOC)COCCOCCNC(=O)COCCOCCOC)COCCOCCNC(=O)COC(COCCOCCNC(=O)COCCOCCOC)COCCOCCNC(=O)COCCOCCOC)cc1. The third-order valence-corrected chi connectivity index (χ3v) is 15.6. The van der Waals surface area contributed by atoms with Crippen molar-refractivity contribution in [3.8, 4) is 0 Å². The van der Waals surface area contributed by atoms with Crippen LogP contribution < -0.4 is 42.5 Å². The molecular formula is C80H145N9O36. The van der Waals surface area contributed by atoms with Crippen molar-refractivity contribution >= 4 is 53.5 Å². The molecule has 0 atom stereocenters. The Morgan fingerprint density at radius 2 is 0.488 bits per heavy atom. The van der Waals surface area contributed by atoms with Crippen LogP contribution in [0.25, 0.3) is 0 Å². The molecule has 45 heteroatoms. The molecule has 0 saturated carbocycles. The van der Waals surface area contributed by atoms with Crippen LogP contribution in [0.2, 0.25) is 0 Å². The molecule has 0 aromatic heterocycles. The molecule has 0 aliphatic carbocycles. The summed E-state index contributed by atoms with van der Waals surface area (Å²) in [4.78, 5) is 104. The number of carbonyl (C=O) groups excluding carboxylic acids is 8. The van der Waals surface area contributed by atoms with E-state index in [4.69, 9.17) is 133 Å². The second-order valence-corrected chi connectivity index (χ2v) is 26.0. The van der Waals surface area contributed by atoms with Gasteiger partial charge in [-0.2, -0.15) is 0 Å². The Kier molecular flexibility index (Phi) is 85.7. The van der Waals surface area contributed by atoms with Crippen LogP contribution in [0.15, 0.2) is 29.4 Å². The third-order valence-electron chi connectivity index (χ3n) is 15.6. The first-order valence-corrected chi connectivity index (χ1v) is 42.0. The molecule has 0 saturated heterocycles. The van der Waals surface area contributed by atoms with Crippen molar-refractivity contribution in [2.75, 3.05) is 398 Å². The Morgan fingerprint density at radius 1 is 0.264 bits per heavy atom. The van der Waals surface area contributed by atoms with Gasteiger partial charge in [-0.25, -0.2) is 0 Å². The molecule has 1 aromatic rings. The molecule has 45 nitrogen and oxygen atoms in total. The summed E-state index contributed by atoms with van der Waals surface area (Å²) in [6, 6.07) is 6.87. The monoisotopic (exact) mass is 1810 g/mol. The lowest BCUT2D eigenvalue weighted by Gasteiger charge is -2.19. The van der Waals surface area contributed by atoms with E-state index < -0.39 is 30.1 Å². The van der Waals surface area contributed by atoms with E-state index in [0.717, 1.165) is 5.56 Å². The summed E-state index contributed by atoms with van der Waals surface area (Å²) in [6.07, 6.45) is 0.749. The van der Waals surface area contributed by atoms with Crippen molar-refractivity contribution in [3.63, 3.8) is 0 Å². The van der Waals surface area contributed by atoms with Gasteiger partial charge >= 0.3 is 0 Å². The highest BCUT2D eigenvalue weighted by atomic mass is 16.6. The van der Waals surface area contributed by atoms with Crippen molar-refractivity contribution in [3.05, 3.63) is 35.4 Å². The van der Waals surface area contributed by atoms with Crippen molar-refractivity contribution in [2.45, 2.75) is 31.2 Å². The van der Waals surface area contributed by atoms with Crippen molar-refractivity contribution in [1.82, 2.24) is 42.5 Å². The topological polar surface area (TPSA) is 504 Å². The molecule has 8 N–H and O–H groups in total. The zero-order valence-electron chi connectivity index (χ0n) is 74.1. The molecule has 0 bridgehead atoms. The van der Waals surface area contributed by atoms with Gasteiger partial charge < -0.3 is 175 Å². The quantitative estimate of drug-likeness (QED) is 0.0175. The highest BCUT2D eigenvalue weighted by Crippen LogP contribution is 2.05. The summed E-state index contributed by atoms with van der Waals surface area (Å²) in [5, 5.41) is 25.7. The van der Waals surface area contributed by atoms with Gasteiger partial charge in [-0.1, -0.05) is 17.3 Å². The van der Waals surface area contributed by atoms with Crippen LogP contribution in [0.3, 0.4) is 0 Å². The summed E-state index contributed by atoms with van der Waals surface area (Å²) in [7, 11) is 7.88. The number of nitrogens with zero attached hydrogens (tertiary/aromatic N) is 1. The van der Waals surface area contributed by atoms with Crippen molar-refractivity contribution in [1.29, 1.82) is 0 Å². The van der Waals surface area contributed by atoms with Crippen LogP contribution in [-0.2, 0) is 166 Å². The maximum absolute atomic E-state index is 12.9. The van der Waals surface area contributed by atoms with Gasteiger partial charge in [0.2, 0.25) is 41.4 Å². The van der Waals surface area contributed by atoms with Crippen molar-refractivity contribution < 1.29 is 171 Å². The lowest BCUT2D eigenvalue weighted by molar-refractivity contribution is -0.133. The predicted octanol–water partition coefficient (Wildman–Crippen LogP) is -3.94. The lowest BCUT2D eigenvalue weighted by atomic mass is 10.1. The molecule has 1 aromatic carbocycles. The maximum atomic E-state index is 12.9. The van der Waals surface area contributed by atoms with Crippen LogP contribution in [-0.4, -0.2) is 470 Å². The largest absolute Gasteiger partial charge is 0.396 e. The number of unbranched alkanes of at least 4 members (excludes halogenated alkanes) is 1. The van der Waals surface area contributed by atoms with Crippen LogP contribution in [0, 0.1) is 0 Å². The average molecular weight is 1810 g/mol. The molecule has 0 aliphatic rings. The van der Waals surface area contributed by atoms with Crippen LogP contribution >= 0.6 is 0 Å². The summed E-state index contributed by atoms with van der Waals surface area (Å²) < 4.78 is 149. The fourth-order valence-electron chi connectivity index (χ4n) is 9.20. The van der Waals surface area contributed by atoms with Gasteiger partial charge in [0, 0.05) is 86.9 Å². The zero-order chi connectivity index (χ0) is 90.5. The number of oxime groups is 1. The Morgan fingerprint density at radius 3 is 0.744 bits per heavy atom. The summed E-state index contributed by atoms with van der Waals surface area (Å²) >= 11 is 0. The standard InChI is InChI=1S/C80H145N9O36/c1-81-80(97)69-10-8-68(9-11-69)54-89-125-19-7-6-12-82-77(94)65-122-70(55-112-48-38-106-24-17-87-78(95)66-123-71(57-114-44-34-102-20-13-83-73(90)61-118-50-40-108-30-26-98-2)58-115-45-35-103-21-14-84-74(91)62-119-51-41-109-31-27-99-3)56-113-49-39-107-25-18-88-79(96)67-124-72(59-116-46-36-104-22-15-85-75(92)63-120-52-42-110-32-28-100-4)60-117-47-37-105-23-16-86-76(93)64-121-53-43-111-33-29-101-5/h8-11,54,70-72H,6-7,12-53,55-67H2,1-5H3,(H,81,97)(H,82,94)(H,83,90)(H,84,91)(H,85,92)(H,86,93)(H,87,95)(H,88,96)/b89-54+. The number of methoxy groups -OCH3 is 4. The average Bonchev–Trinajstić information content (AvgIpc) is 0.890. The highest BCUT2D eigenvalue weighted by Gasteiger charge is 2.18. The zero-order valence-corrected chi connectivity index (χ0v) is 74.1. The van der Waals surface area contributed by atoms with E-state index in [2.05, 4.69) is 47.7 Å². The molecule has 0 spiro atoms. The number of rotatable bonds is 97. The second kappa shape index (κ2) is 92.1. The van der Waals surface area contributed by atoms with Gasteiger partial charge in [0.15, 0.2) is 0 Å². The first kappa shape index (κ1) is 116. The van der Waals surface area contributed by atoms with Gasteiger partial charge in [-0.15, -0.1) is 0 Å². The van der Waals surface area contributed by atoms with Crippen LogP contribution in [0.5, 0.6) is 0 Å². The lowest BCUT2D eigenvalue weighted by Crippen LogP contribution is -2.35. The summed E-state index contributed by atoms with van der Waals surface area (Å²) in [5.74, 6) is -2.55. The second-order valence-electron chi connectivity index (χ2n) is 26.0. The van der Waals surface area contributed by atoms with E-state index >= 15 is 0 Å². The van der Waals surface area contributed by atoms with Crippen LogP contribution in [0.4, 0.5) is 0 Å². The molecule has 8 amide bonds. The van der Waals surface area contributed by atoms with E-state index in [1.54, 1.807) is 66.0 Å². The van der Waals surface area contributed by atoms with E-state index in [-0.39, 0.29) is 306 Å². The fraction of sp³-hybridized carbons (Fsp3) is 0.812. The van der Waals surface area contributed by atoms with E-state index in [0.29, 0.717) is 111 Å². The van der Waals surface area contributed by atoms with E-state index in [1.165, 1.54) is 0 Å². The number of benzene rings is 1. The number of ether oxygens (including phenoxy) is 27. The van der Waals surface area contributed by atoms with Gasteiger partial charge in [-0.05, 0) is 30.5 Å². The Bertz CT molecular complexity index is 2500. The van der Waals surface area contributed by atoms with Gasteiger partial charge in [0.05, 0.1) is 270 Å². The first-order valence-electron chi connectivity index (χ1n) is 42.0. The summed E-state index contributed by atoms with van der Waals surface area (Å²) in [6.45, 7) is 10.4. The molecule has 0 fully saturated rings. The molecule has 0 heterocycles. The highest BCUT2D eigenvalue weighted by molar-refractivity contribution is 5.94. The third kappa shape index (κ3) is 82.8. The Balaban J connectivity index is 2.73. The molecule has 0 unspecified atom stereocenters. The van der Waals surface area contributed by atoms with Gasteiger partial charge in [0.1, 0.15) is 71.2 Å². The minimum atomic E-state index is -0.685. The fourth-order valence-corrected chi connectivity index (χ4v) is 9.20. The van der Waals surface area contributed by atoms with E-state index in [9.17, 15) is 38.4 Å². The summed E-state index contributed by atoms with van der Waals surface area (Å²) in [5.41, 5.74) is 1.28. The molecule has 726 valence electrons. The Labute approximate surface area is 734 Å². The van der Waals surface area contributed by atoms with Crippen LogP contribution in [0.1, 0.15) is 28.8 Å². The molecule has 1 rings (SSSR count). The molecule has 0 radical (unpaired) electrons. The van der Waals surface area contributed by atoms with Gasteiger partial charge in [-0.3, -0.25) is 38.4 Å². The number of carbonyl (C=O) groups is 8. The normalized spacial score (nSPS) is 11.5.